The first-order chi connectivity index (χ1) is 11.5. The Labute approximate surface area is 142 Å². The van der Waals surface area contributed by atoms with Crippen molar-refractivity contribution < 1.29 is 4.79 Å². The Morgan fingerprint density at radius 2 is 2.08 bits per heavy atom. The molecule has 0 radical (unpaired) electrons. The van der Waals surface area contributed by atoms with Gasteiger partial charge in [-0.3, -0.25) is 9.69 Å². The maximum absolute atomic E-state index is 12.5. The van der Waals surface area contributed by atoms with Gasteiger partial charge in [0.2, 0.25) is 0 Å². The minimum atomic E-state index is -0.261. The van der Waals surface area contributed by atoms with E-state index in [0.29, 0.717) is 31.0 Å². The fraction of sp³-hybridized carbons (Fsp3) is 0.412. The Hall–Kier alpha value is -2.56. The number of benzene rings is 1. The van der Waals surface area contributed by atoms with Crippen LogP contribution in [0.25, 0.3) is 0 Å². The zero-order chi connectivity index (χ0) is 17.5. The second kappa shape index (κ2) is 8.34. The molecule has 0 atom stereocenters. The second-order valence-electron chi connectivity index (χ2n) is 5.83. The molecule has 0 aromatic heterocycles. The number of carbonyl (C=O) groups is 1. The van der Waals surface area contributed by atoms with Crippen molar-refractivity contribution in [3.8, 4) is 6.07 Å². The number of hydrogen-bond acceptors (Lipinski definition) is 6. The zero-order valence-corrected chi connectivity index (χ0v) is 14.0. The summed E-state index contributed by atoms with van der Waals surface area (Å²) in [6, 6.07) is 7.54. The summed E-state index contributed by atoms with van der Waals surface area (Å²) in [7, 11) is 0. The average Bonchev–Trinajstić information content (AvgIpc) is 2.59. The van der Waals surface area contributed by atoms with E-state index in [2.05, 4.69) is 10.2 Å². The predicted molar refractivity (Wildman–Crippen MR) is 95.0 cm³/mol. The molecule has 1 fully saturated rings. The van der Waals surface area contributed by atoms with Gasteiger partial charge in [0, 0.05) is 45.5 Å². The lowest BCUT2D eigenvalue weighted by Gasteiger charge is -2.34. The summed E-state index contributed by atoms with van der Waals surface area (Å²) in [5.41, 5.74) is 13.8. The highest BCUT2D eigenvalue weighted by Crippen LogP contribution is 2.20. The van der Waals surface area contributed by atoms with E-state index >= 15 is 0 Å². The number of nitrogens with one attached hydrogen (secondary N) is 1. The van der Waals surface area contributed by atoms with Crippen LogP contribution in [0.4, 0.5) is 11.4 Å². The zero-order valence-electron chi connectivity index (χ0n) is 14.0. The van der Waals surface area contributed by atoms with Gasteiger partial charge in [-0.2, -0.15) is 5.26 Å². The maximum Gasteiger partial charge on any atom is 0.266 e. The number of nitrogens with two attached hydrogens (primary N) is 2. The third kappa shape index (κ3) is 4.47. The van der Waals surface area contributed by atoms with Gasteiger partial charge in [0.05, 0.1) is 11.4 Å². The van der Waals surface area contributed by atoms with Crippen molar-refractivity contribution in [3.05, 3.63) is 35.5 Å². The molecular weight excluding hydrogens is 304 g/mol. The molecule has 0 unspecified atom stereocenters. The SMILES string of the molecule is Cc1ccc(N)c(N/C=C(/C#N)C(=O)N2CCN(CCN)CC2)c1. The molecule has 0 bridgehead atoms. The quantitative estimate of drug-likeness (QED) is 0.412. The van der Waals surface area contributed by atoms with Crippen LogP contribution < -0.4 is 16.8 Å². The highest BCUT2D eigenvalue weighted by molar-refractivity contribution is 5.97. The number of anilines is 2. The number of carbonyl (C=O) groups excluding carboxylic acids is 1. The monoisotopic (exact) mass is 328 g/mol. The molecule has 0 aliphatic carbocycles. The number of amides is 1. The molecule has 1 aromatic carbocycles. The largest absolute Gasteiger partial charge is 0.397 e. The number of rotatable bonds is 5. The molecule has 1 aromatic rings. The first-order valence-electron chi connectivity index (χ1n) is 7.99. The molecule has 7 nitrogen and oxygen atoms in total. The number of aryl methyl sites for hydroxylation is 1. The van der Waals surface area contributed by atoms with E-state index in [0.717, 1.165) is 25.2 Å². The Morgan fingerprint density at radius 1 is 1.38 bits per heavy atom. The van der Waals surface area contributed by atoms with Crippen molar-refractivity contribution in [2.45, 2.75) is 6.92 Å². The van der Waals surface area contributed by atoms with Crippen molar-refractivity contribution in [2.75, 3.05) is 50.3 Å². The van der Waals surface area contributed by atoms with Crippen LogP contribution in [0.3, 0.4) is 0 Å². The lowest BCUT2D eigenvalue weighted by Crippen LogP contribution is -2.50. The van der Waals surface area contributed by atoms with Crippen LogP contribution in [-0.2, 0) is 4.79 Å². The third-order valence-electron chi connectivity index (χ3n) is 4.04. The Bertz CT molecular complexity index is 656. The van der Waals surface area contributed by atoms with Crippen molar-refractivity contribution >= 4 is 17.3 Å². The molecule has 2 rings (SSSR count). The van der Waals surface area contributed by atoms with Crippen LogP contribution in [0.5, 0.6) is 0 Å². The van der Waals surface area contributed by atoms with Gasteiger partial charge in [-0.15, -0.1) is 0 Å². The minimum absolute atomic E-state index is 0.0724. The number of hydrogen-bond donors (Lipinski definition) is 3. The highest BCUT2D eigenvalue weighted by Gasteiger charge is 2.23. The molecule has 128 valence electrons. The molecule has 24 heavy (non-hydrogen) atoms. The Balaban J connectivity index is 2.01. The predicted octanol–water partition coefficient (Wildman–Crippen LogP) is 0.500. The average molecular weight is 328 g/mol. The molecule has 1 aliphatic rings. The normalized spacial score (nSPS) is 15.9. The molecule has 0 saturated carbocycles. The van der Waals surface area contributed by atoms with Crippen LogP contribution in [0, 0.1) is 18.3 Å². The Kier molecular flexibility index (Phi) is 6.18. The van der Waals surface area contributed by atoms with Crippen LogP contribution in [0.2, 0.25) is 0 Å². The number of nitrogen functional groups attached to an aromatic ring is 1. The van der Waals surface area contributed by atoms with E-state index in [1.165, 1.54) is 6.20 Å². The number of nitrogens with zero attached hydrogens (tertiary/aromatic N) is 3. The molecule has 1 aliphatic heterocycles. The fourth-order valence-corrected chi connectivity index (χ4v) is 2.61. The highest BCUT2D eigenvalue weighted by atomic mass is 16.2. The minimum Gasteiger partial charge on any atom is -0.397 e. The van der Waals surface area contributed by atoms with E-state index in [4.69, 9.17) is 11.5 Å². The van der Waals surface area contributed by atoms with Gasteiger partial charge in [-0.25, -0.2) is 0 Å². The van der Waals surface area contributed by atoms with Gasteiger partial charge in [0.15, 0.2) is 0 Å². The van der Waals surface area contributed by atoms with Crippen LogP contribution >= 0.6 is 0 Å². The molecule has 1 amide bonds. The van der Waals surface area contributed by atoms with Crippen molar-refractivity contribution in [2.24, 2.45) is 5.73 Å². The summed E-state index contributed by atoms with van der Waals surface area (Å²) in [4.78, 5) is 16.4. The van der Waals surface area contributed by atoms with E-state index in [9.17, 15) is 10.1 Å². The third-order valence-corrected chi connectivity index (χ3v) is 4.04. The van der Waals surface area contributed by atoms with E-state index < -0.39 is 0 Å². The van der Waals surface area contributed by atoms with Crippen molar-refractivity contribution in [3.63, 3.8) is 0 Å². The van der Waals surface area contributed by atoms with E-state index in [1.807, 2.05) is 25.1 Å². The standard InChI is InChI=1S/C17H24N6O/c1-13-2-3-15(20)16(10-13)21-12-14(11-19)17(24)23-8-6-22(5-4-18)7-9-23/h2-3,10,12,21H,4-9,18,20H2,1H3/b14-12-. The summed E-state index contributed by atoms with van der Waals surface area (Å²) in [5.74, 6) is -0.261. The van der Waals surface area contributed by atoms with Gasteiger partial charge >= 0.3 is 0 Å². The molecule has 7 heteroatoms. The van der Waals surface area contributed by atoms with Gasteiger partial charge in [0.1, 0.15) is 11.6 Å². The van der Waals surface area contributed by atoms with E-state index in [1.54, 1.807) is 11.0 Å². The van der Waals surface area contributed by atoms with Gasteiger partial charge in [-0.05, 0) is 24.6 Å². The number of nitriles is 1. The first kappa shape index (κ1) is 17.8. The summed E-state index contributed by atoms with van der Waals surface area (Å²) in [6.45, 7) is 6.15. The summed E-state index contributed by atoms with van der Waals surface area (Å²) < 4.78 is 0. The van der Waals surface area contributed by atoms with Crippen molar-refractivity contribution in [1.29, 1.82) is 5.26 Å². The molecule has 1 saturated heterocycles. The number of piperazine rings is 1. The lowest BCUT2D eigenvalue weighted by atomic mass is 10.2. The topological polar surface area (TPSA) is 111 Å². The summed E-state index contributed by atoms with van der Waals surface area (Å²) >= 11 is 0. The summed E-state index contributed by atoms with van der Waals surface area (Å²) in [5, 5.41) is 12.3. The first-order valence-corrected chi connectivity index (χ1v) is 7.99. The maximum atomic E-state index is 12.5. The molecule has 1 heterocycles. The van der Waals surface area contributed by atoms with Crippen molar-refractivity contribution in [1.82, 2.24) is 9.80 Å². The van der Waals surface area contributed by atoms with Gasteiger partial charge < -0.3 is 21.7 Å². The van der Waals surface area contributed by atoms with Crippen LogP contribution in [0.15, 0.2) is 30.0 Å². The van der Waals surface area contributed by atoms with Gasteiger partial charge in [-0.1, -0.05) is 6.07 Å². The lowest BCUT2D eigenvalue weighted by molar-refractivity contribution is -0.128. The van der Waals surface area contributed by atoms with Crippen LogP contribution in [0.1, 0.15) is 5.56 Å². The van der Waals surface area contributed by atoms with E-state index in [-0.39, 0.29) is 11.5 Å². The molecule has 5 N–H and O–H groups in total. The molecular formula is C17H24N6O. The Morgan fingerprint density at radius 3 is 2.71 bits per heavy atom. The second-order valence-corrected chi connectivity index (χ2v) is 5.83. The smallest absolute Gasteiger partial charge is 0.266 e. The molecule has 0 spiro atoms. The summed E-state index contributed by atoms with van der Waals surface area (Å²) in [6.07, 6.45) is 1.43. The van der Waals surface area contributed by atoms with Gasteiger partial charge in [0.25, 0.3) is 5.91 Å². The van der Waals surface area contributed by atoms with Crippen LogP contribution in [-0.4, -0.2) is 55.0 Å². The fourth-order valence-electron chi connectivity index (χ4n) is 2.61.